The number of nitrogens with zero attached hydrogens (tertiary/aromatic N) is 2. The first-order valence-corrected chi connectivity index (χ1v) is 11.2. The molecule has 2 aromatic carbocycles. The molecule has 33 heavy (non-hydrogen) atoms. The molecule has 2 unspecified atom stereocenters. The van der Waals surface area contributed by atoms with Crippen molar-refractivity contribution in [2.75, 3.05) is 4.90 Å². The third-order valence-electron chi connectivity index (χ3n) is 6.09. The number of rotatable bonds is 5. The highest BCUT2D eigenvalue weighted by molar-refractivity contribution is 6.12. The Morgan fingerprint density at radius 1 is 1.15 bits per heavy atom. The van der Waals surface area contributed by atoms with Gasteiger partial charge in [0, 0.05) is 30.0 Å². The standard InChI is InChI=1S/C28H25N3O2.H2/c1-19(32)20-9-8-10-21(17-20)25-16-15-24-26(33)18-27(29-22-11-4-2-5-12-22)31(28(24)30-25)23-13-6-3-7-14-23;/h2-4,6-11,13-18,24,28-29H,5,12H2,1H3;1H. The van der Waals surface area contributed by atoms with Crippen LogP contribution in [0.25, 0.3) is 0 Å². The molecule has 1 N–H and O–H groups in total. The fraction of sp³-hybridized carbons (Fsp3) is 0.179. The van der Waals surface area contributed by atoms with E-state index in [2.05, 4.69) is 16.3 Å². The Bertz CT molecular complexity index is 1260. The number of carbonyl (C=O) groups is 2. The van der Waals surface area contributed by atoms with Crippen molar-refractivity contribution in [3.8, 4) is 0 Å². The molecule has 5 rings (SSSR count). The SMILES string of the molecule is CC(=O)c1cccc(C2=NC3C(C=C2)C(=O)C=C(NC2=CC=CCC2)N3c2ccccc2)c1.[HH]. The summed E-state index contributed by atoms with van der Waals surface area (Å²) in [6.07, 6.45) is 13.2. The van der Waals surface area contributed by atoms with E-state index < -0.39 is 6.17 Å². The predicted molar refractivity (Wildman–Crippen MR) is 133 cm³/mol. The summed E-state index contributed by atoms with van der Waals surface area (Å²) in [6, 6.07) is 17.5. The van der Waals surface area contributed by atoms with E-state index in [9.17, 15) is 9.59 Å². The van der Waals surface area contributed by atoms with Crippen LogP contribution >= 0.6 is 0 Å². The highest BCUT2D eigenvalue weighted by Crippen LogP contribution is 2.34. The van der Waals surface area contributed by atoms with E-state index in [4.69, 9.17) is 4.99 Å². The number of carbonyl (C=O) groups excluding carboxylic acids is 2. The maximum Gasteiger partial charge on any atom is 0.170 e. The molecule has 3 aliphatic rings. The summed E-state index contributed by atoms with van der Waals surface area (Å²) in [4.78, 5) is 32.1. The minimum absolute atomic E-state index is 0. The van der Waals surface area contributed by atoms with Crippen LogP contribution in [0, 0.1) is 5.92 Å². The van der Waals surface area contributed by atoms with Crippen LogP contribution in [-0.2, 0) is 4.79 Å². The van der Waals surface area contributed by atoms with Gasteiger partial charge in [-0.25, -0.2) is 0 Å². The van der Waals surface area contributed by atoms with E-state index in [1.807, 2.05) is 72.8 Å². The lowest BCUT2D eigenvalue weighted by Crippen LogP contribution is -2.49. The normalized spacial score (nSPS) is 21.7. The van der Waals surface area contributed by atoms with E-state index in [1.54, 1.807) is 19.1 Å². The summed E-state index contributed by atoms with van der Waals surface area (Å²) in [5.74, 6) is 0.386. The smallest absolute Gasteiger partial charge is 0.170 e. The Hall–Kier alpha value is -3.99. The molecule has 0 spiro atoms. The van der Waals surface area contributed by atoms with Gasteiger partial charge in [0.15, 0.2) is 11.6 Å². The molecule has 2 aliphatic heterocycles. The fourth-order valence-corrected chi connectivity index (χ4v) is 4.38. The maximum absolute atomic E-state index is 13.1. The molecule has 0 fully saturated rings. The first kappa shape index (κ1) is 20.9. The Labute approximate surface area is 195 Å². The van der Waals surface area contributed by atoms with E-state index >= 15 is 0 Å². The quantitative estimate of drug-likeness (QED) is 0.654. The lowest BCUT2D eigenvalue weighted by atomic mass is 9.90. The average Bonchev–Trinajstić information content (AvgIpc) is 2.85. The zero-order chi connectivity index (χ0) is 22.8. The largest absolute Gasteiger partial charge is 0.345 e. The molecule has 2 atom stereocenters. The summed E-state index contributed by atoms with van der Waals surface area (Å²) < 4.78 is 0. The van der Waals surface area contributed by atoms with Gasteiger partial charge in [0.2, 0.25) is 0 Å². The highest BCUT2D eigenvalue weighted by atomic mass is 16.1. The second-order valence-corrected chi connectivity index (χ2v) is 8.37. The third kappa shape index (κ3) is 4.22. The van der Waals surface area contributed by atoms with Crippen molar-refractivity contribution in [1.29, 1.82) is 0 Å². The summed E-state index contributed by atoms with van der Waals surface area (Å²) in [5.41, 5.74) is 4.29. The van der Waals surface area contributed by atoms with Crippen molar-refractivity contribution in [1.82, 2.24) is 5.32 Å². The average molecular weight is 438 g/mol. The number of fused-ring (bicyclic) bond motifs is 1. The number of dihydropyridines is 1. The van der Waals surface area contributed by atoms with E-state index in [-0.39, 0.29) is 18.9 Å². The van der Waals surface area contributed by atoms with Gasteiger partial charge in [-0.1, -0.05) is 54.6 Å². The molecular weight excluding hydrogens is 410 g/mol. The van der Waals surface area contributed by atoms with Gasteiger partial charge in [-0.2, -0.15) is 0 Å². The minimum Gasteiger partial charge on any atom is -0.345 e. The Morgan fingerprint density at radius 3 is 2.76 bits per heavy atom. The number of nitrogens with one attached hydrogen (secondary N) is 1. The van der Waals surface area contributed by atoms with Crippen LogP contribution in [0.15, 0.2) is 108 Å². The number of ketones is 2. The summed E-state index contributed by atoms with van der Waals surface area (Å²) in [5, 5.41) is 3.49. The molecule has 5 heteroatoms. The highest BCUT2D eigenvalue weighted by Gasteiger charge is 2.39. The molecule has 0 saturated carbocycles. The minimum atomic E-state index is -0.423. The second kappa shape index (κ2) is 8.87. The lowest BCUT2D eigenvalue weighted by Gasteiger charge is -2.41. The summed E-state index contributed by atoms with van der Waals surface area (Å²) in [6.45, 7) is 1.56. The zero-order valence-corrected chi connectivity index (χ0v) is 18.4. The first-order valence-electron chi connectivity index (χ1n) is 11.2. The molecule has 0 aromatic heterocycles. The Kier molecular flexibility index (Phi) is 5.61. The molecule has 0 amide bonds. The van der Waals surface area contributed by atoms with Gasteiger partial charge in [-0.15, -0.1) is 0 Å². The lowest BCUT2D eigenvalue weighted by molar-refractivity contribution is -0.117. The fourth-order valence-electron chi connectivity index (χ4n) is 4.38. The predicted octanol–water partition coefficient (Wildman–Crippen LogP) is 5.19. The molecule has 0 bridgehead atoms. The Balaban J connectivity index is 0.00000274. The van der Waals surface area contributed by atoms with Crippen molar-refractivity contribution in [2.24, 2.45) is 10.9 Å². The van der Waals surface area contributed by atoms with E-state index in [0.29, 0.717) is 5.56 Å². The van der Waals surface area contributed by atoms with Gasteiger partial charge < -0.3 is 10.2 Å². The number of anilines is 1. The van der Waals surface area contributed by atoms with Crippen molar-refractivity contribution in [3.63, 3.8) is 0 Å². The van der Waals surface area contributed by atoms with Crippen LogP contribution in [0.3, 0.4) is 0 Å². The zero-order valence-electron chi connectivity index (χ0n) is 18.4. The van der Waals surface area contributed by atoms with Crippen LogP contribution < -0.4 is 10.2 Å². The monoisotopic (exact) mass is 437 g/mol. The summed E-state index contributed by atoms with van der Waals surface area (Å²) >= 11 is 0. The number of para-hydroxylation sites is 1. The Morgan fingerprint density at radius 2 is 2.00 bits per heavy atom. The molecule has 5 nitrogen and oxygen atoms in total. The number of aliphatic imine (C=N–C) groups is 1. The van der Waals surface area contributed by atoms with Crippen molar-refractivity contribution >= 4 is 23.0 Å². The number of hydrogen-bond acceptors (Lipinski definition) is 5. The number of hydrogen-bond donors (Lipinski definition) is 1. The van der Waals surface area contributed by atoms with Crippen molar-refractivity contribution < 1.29 is 11.0 Å². The third-order valence-corrected chi connectivity index (χ3v) is 6.09. The van der Waals surface area contributed by atoms with Gasteiger partial charge in [-0.3, -0.25) is 14.6 Å². The van der Waals surface area contributed by atoms with E-state index in [1.165, 1.54) is 0 Å². The number of benzene rings is 2. The molecule has 0 radical (unpaired) electrons. The van der Waals surface area contributed by atoms with Crippen LogP contribution in [0.1, 0.15) is 37.1 Å². The van der Waals surface area contributed by atoms with Crippen LogP contribution in [0.5, 0.6) is 0 Å². The molecular formula is C28H27N3O2. The van der Waals surface area contributed by atoms with Crippen LogP contribution in [-0.4, -0.2) is 23.4 Å². The van der Waals surface area contributed by atoms with Gasteiger partial charge in [-0.05, 0) is 50.1 Å². The molecule has 0 saturated heterocycles. The van der Waals surface area contributed by atoms with Crippen LogP contribution in [0.4, 0.5) is 5.69 Å². The number of allylic oxidation sites excluding steroid dienone is 6. The van der Waals surface area contributed by atoms with Crippen LogP contribution in [0.2, 0.25) is 0 Å². The second-order valence-electron chi connectivity index (χ2n) is 8.37. The topological polar surface area (TPSA) is 61.8 Å². The van der Waals surface area contributed by atoms with Gasteiger partial charge >= 0.3 is 0 Å². The van der Waals surface area contributed by atoms with Crippen molar-refractivity contribution in [2.45, 2.75) is 25.9 Å². The van der Waals surface area contributed by atoms with Crippen molar-refractivity contribution in [3.05, 3.63) is 114 Å². The van der Waals surface area contributed by atoms with Gasteiger partial charge in [0.25, 0.3) is 0 Å². The molecule has 1 aliphatic carbocycles. The molecule has 2 heterocycles. The molecule has 166 valence electrons. The maximum atomic E-state index is 13.1. The summed E-state index contributed by atoms with van der Waals surface area (Å²) in [7, 11) is 0. The first-order chi connectivity index (χ1) is 16.1. The van der Waals surface area contributed by atoms with E-state index in [0.717, 1.165) is 41.3 Å². The molecule has 2 aromatic rings. The van der Waals surface area contributed by atoms with Gasteiger partial charge in [0.1, 0.15) is 12.0 Å². The number of Topliss-reactive ketones (excluding diaryl/α,β-unsaturated/α-hetero) is 1. The van der Waals surface area contributed by atoms with Gasteiger partial charge in [0.05, 0.1) is 11.6 Å².